The van der Waals surface area contributed by atoms with Crippen LogP contribution in [0.4, 0.5) is 0 Å². The molecule has 0 aromatic heterocycles. The van der Waals surface area contributed by atoms with Crippen molar-refractivity contribution in [3.05, 3.63) is 60.8 Å². The molecule has 0 spiro atoms. The van der Waals surface area contributed by atoms with E-state index in [2.05, 4.69) is 50.8 Å². The Bertz CT molecular complexity index is 855. The van der Waals surface area contributed by atoms with Crippen LogP contribution in [0.1, 0.15) is 78.6 Å². The quantitative estimate of drug-likeness (QED) is 0.346. The summed E-state index contributed by atoms with van der Waals surface area (Å²) in [5.74, 6) is 0.362. The van der Waals surface area contributed by atoms with Gasteiger partial charge in [0.1, 0.15) is 12.2 Å². The maximum Gasteiger partial charge on any atom is 0.330 e. The van der Waals surface area contributed by atoms with Crippen LogP contribution < -0.4 is 0 Å². The number of allylic oxidation sites excluding steroid dienone is 3. The average molecular weight is 513 g/mol. The van der Waals surface area contributed by atoms with Crippen molar-refractivity contribution in [2.24, 2.45) is 23.7 Å². The van der Waals surface area contributed by atoms with Gasteiger partial charge in [-0.2, -0.15) is 0 Å². The maximum absolute atomic E-state index is 12.7. The van der Waals surface area contributed by atoms with E-state index in [4.69, 9.17) is 9.47 Å². The highest BCUT2D eigenvalue weighted by atomic mass is 16.6. The number of rotatable bonds is 3. The smallest absolute Gasteiger partial charge is 0.330 e. The van der Waals surface area contributed by atoms with Crippen LogP contribution in [0.25, 0.3) is 0 Å². The fourth-order valence-electron chi connectivity index (χ4n) is 5.70. The Morgan fingerprint density at radius 2 is 1.86 bits per heavy atom. The molecule has 2 aliphatic heterocycles. The molecule has 5 heteroatoms. The van der Waals surface area contributed by atoms with Crippen LogP contribution in [0.2, 0.25) is 0 Å². The van der Waals surface area contributed by atoms with Gasteiger partial charge < -0.3 is 19.7 Å². The zero-order valence-corrected chi connectivity index (χ0v) is 23.0. The minimum Gasteiger partial charge on any atom is -0.456 e. The first-order valence-electron chi connectivity index (χ1n) is 14.3. The number of ether oxygens (including phenoxy) is 2. The third-order valence-corrected chi connectivity index (χ3v) is 8.19. The van der Waals surface area contributed by atoms with Gasteiger partial charge in [-0.3, -0.25) is 0 Å². The molecule has 3 rings (SSSR count). The van der Waals surface area contributed by atoms with E-state index in [9.17, 15) is 15.0 Å². The lowest BCUT2D eigenvalue weighted by Crippen LogP contribution is -2.35. The summed E-state index contributed by atoms with van der Waals surface area (Å²) in [7, 11) is 0. The number of hydrogen-bond acceptors (Lipinski definition) is 5. The fourth-order valence-corrected chi connectivity index (χ4v) is 5.70. The lowest BCUT2D eigenvalue weighted by Gasteiger charge is -2.31. The second-order valence-electron chi connectivity index (χ2n) is 11.6. The number of carbonyl (C=O) groups excluding carboxylic acids is 1. The monoisotopic (exact) mass is 512 g/mol. The third-order valence-electron chi connectivity index (χ3n) is 8.19. The maximum atomic E-state index is 12.7. The Morgan fingerprint density at radius 3 is 2.62 bits per heavy atom. The first kappa shape index (κ1) is 29.6. The summed E-state index contributed by atoms with van der Waals surface area (Å²) in [4.78, 5) is 12.7. The zero-order valence-electron chi connectivity index (χ0n) is 23.0. The molecule has 37 heavy (non-hydrogen) atoms. The SMILES string of the molecule is C=C1CC(C)C[C@@H]2CC=CC(C/C=C\C(=O)OC(C(O)/C=C/C3CC=CCC3)C[C@H](C)C(C)[C@@H](O)C1)O2. The Hall–Kier alpha value is -1.95. The molecular formula is C32H48O5. The molecule has 206 valence electrons. The van der Waals surface area contributed by atoms with E-state index in [0.29, 0.717) is 31.1 Å². The van der Waals surface area contributed by atoms with Gasteiger partial charge in [0, 0.05) is 6.08 Å². The molecule has 2 heterocycles. The average Bonchev–Trinajstić information content (AvgIpc) is 2.86. The number of aliphatic hydroxyl groups is 2. The van der Waals surface area contributed by atoms with Crippen LogP contribution in [-0.4, -0.2) is 46.7 Å². The van der Waals surface area contributed by atoms with Crippen molar-refractivity contribution in [2.75, 3.05) is 0 Å². The molecule has 0 saturated carbocycles. The summed E-state index contributed by atoms with van der Waals surface area (Å²) in [6, 6.07) is 0. The van der Waals surface area contributed by atoms with Gasteiger partial charge in [0.2, 0.25) is 0 Å². The van der Waals surface area contributed by atoms with Crippen molar-refractivity contribution in [1.82, 2.24) is 0 Å². The van der Waals surface area contributed by atoms with Gasteiger partial charge in [0.15, 0.2) is 0 Å². The molecule has 0 radical (unpaired) electrons. The zero-order chi connectivity index (χ0) is 26.8. The third kappa shape index (κ3) is 10.0. The van der Waals surface area contributed by atoms with Crippen molar-refractivity contribution >= 4 is 5.97 Å². The second kappa shape index (κ2) is 14.8. The van der Waals surface area contributed by atoms with E-state index in [-0.39, 0.29) is 24.0 Å². The van der Waals surface area contributed by atoms with Gasteiger partial charge in [0.25, 0.3) is 0 Å². The van der Waals surface area contributed by atoms with Gasteiger partial charge in [-0.1, -0.05) is 75.5 Å². The van der Waals surface area contributed by atoms with Crippen molar-refractivity contribution in [2.45, 2.75) is 109 Å². The van der Waals surface area contributed by atoms with Gasteiger partial charge in [-0.25, -0.2) is 4.79 Å². The Kier molecular flexibility index (Phi) is 11.9. The predicted molar refractivity (Wildman–Crippen MR) is 149 cm³/mol. The lowest BCUT2D eigenvalue weighted by atomic mass is 9.82. The number of fused-ring (bicyclic) bond motifs is 2. The number of aliphatic hydroxyl groups excluding tert-OH is 2. The van der Waals surface area contributed by atoms with Crippen molar-refractivity contribution in [3.63, 3.8) is 0 Å². The summed E-state index contributed by atoms with van der Waals surface area (Å²) in [6.07, 6.45) is 21.1. The number of esters is 1. The van der Waals surface area contributed by atoms with E-state index >= 15 is 0 Å². The van der Waals surface area contributed by atoms with E-state index in [1.165, 1.54) is 6.08 Å². The molecule has 2 N–H and O–H groups in total. The number of hydrogen-bond donors (Lipinski definition) is 2. The first-order valence-corrected chi connectivity index (χ1v) is 14.3. The highest BCUT2D eigenvalue weighted by Gasteiger charge is 2.29. The molecule has 2 bridgehead atoms. The Labute approximate surface area is 224 Å². The van der Waals surface area contributed by atoms with Crippen LogP contribution in [0.5, 0.6) is 0 Å². The van der Waals surface area contributed by atoms with Gasteiger partial charge in [0.05, 0.1) is 18.3 Å². The number of carbonyl (C=O) groups is 1. The molecule has 0 aromatic carbocycles. The van der Waals surface area contributed by atoms with Crippen LogP contribution >= 0.6 is 0 Å². The van der Waals surface area contributed by atoms with E-state index in [0.717, 1.165) is 44.1 Å². The lowest BCUT2D eigenvalue weighted by molar-refractivity contribution is -0.148. The van der Waals surface area contributed by atoms with Gasteiger partial charge >= 0.3 is 5.97 Å². The predicted octanol–water partition coefficient (Wildman–Crippen LogP) is 6.23. The topological polar surface area (TPSA) is 76.0 Å². The molecule has 0 aromatic rings. The first-order chi connectivity index (χ1) is 17.7. The molecule has 0 saturated heterocycles. The van der Waals surface area contributed by atoms with E-state index in [1.807, 2.05) is 6.92 Å². The minimum atomic E-state index is -0.901. The van der Waals surface area contributed by atoms with Crippen molar-refractivity contribution in [1.29, 1.82) is 0 Å². The van der Waals surface area contributed by atoms with E-state index in [1.54, 1.807) is 12.2 Å². The summed E-state index contributed by atoms with van der Waals surface area (Å²) < 4.78 is 12.0. The van der Waals surface area contributed by atoms with Crippen LogP contribution in [-0.2, 0) is 14.3 Å². The largest absolute Gasteiger partial charge is 0.456 e. The summed E-state index contributed by atoms with van der Waals surface area (Å²) in [5, 5.41) is 22.0. The highest BCUT2D eigenvalue weighted by Crippen LogP contribution is 2.30. The Balaban J connectivity index is 1.75. The molecule has 9 atom stereocenters. The highest BCUT2D eigenvalue weighted by molar-refractivity contribution is 5.82. The molecule has 1 aliphatic carbocycles. The van der Waals surface area contributed by atoms with Crippen LogP contribution in [0, 0.1) is 23.7 Å². The molecule has 3 aliphatic rings. The summed E-state index contributed by atoms with van der Waals surface area (Å²) in [6.45, 7) is 10.6. The molecular weight excluding hydrogens is 464 g/mol. The fraction of sp³-hybridized carbons (Fsp3) is 0.656. The van der Waals surface area contributed by atoms with Crippen LogP contribution in [0.15, 0.2) is 60.8 Å². The second-order valence-corrected chi connectivity index (χ2v) is 11.6. The summed E-state index contributed by atoms with van der Waals surface area (Å²) >= 11 is 0. The van der Waals surface area contributed by atoms with Crippen molar-refractivity contribution < 1.29 is 24.5 Å². The molecule has 0 amide bonds. The standard InChI is InChI=1S/C32H48O5/c1-22-18-23(2)20-30(34)25(4)24(3)21-31(29(33)17-16-26-10-6-5-7-11-26)37-32(35)15-9-13-27-12-8-14-28(19-22)36-27/h5-6,8-9,12,15-17,22,24-31,33-34H,2,7,10-11,13-14,18-21H2,1,3-4H3/b15-9-,17-16+/t22?,24-,25?,26?,27?,28-,29?,30-,31?/m0/s1. The normalized spacial score (nSPS) is 38.5. The minimum absolute atomic E-state index is 0.0325. The van der Waals surface area contributed by atoms with Crippen LogP contribution in [0.3, 0.4) is 0 Å². The summed E-state index contributed by atoms with van der Waals surface area (Å²) in [5.41, 5.74) is 1.05. The van der Waals surface area contributed by atoms with Crippen molar-refractivity contribution in [3.8, 4) is 0 Å². The number of cyclic esters (lactones) is 1. The van der Waals surface area contributed by atoms with E-state index < -0.39 is 24.3 Å². The van der Waals surface area contributed by atoms with Gasteiger partial charge in [-0.05, 0) is 81.5 Å². The molecule has 5 nitrogen and oxygen atoms in total. The molecule has 6 unspecified atom stereocenters. The molecule has 0 fully saturated rings. The Morgan fingerprint density at radius 1 is 1.05 bits per heavy atom. The van der Waals surface area contributed by atoms with Gasteiger partial charge in [-0.15, -0.1) is 0 Å².